The maximum absolute atomic E-state index is 12.3. The quantitative estimate of drug-likeness (QED) is 0.408. The monoisotopic (exact) mass is 344 g/mol. The number of benzene rings is 2. The van der Waals surface area contributed by atoms with Crippen LogP contribution in [0.15, 0.2) is 51.7 Å². The molecule has 0 amide bonds. The van der Waals surface area contributed by atoms with Gasteiger partial charge in [-0.05, 0) is 36.8 Å². The molecule has 6 heteroatoms. The van der Waals surface area contributed by atoms with Crippen molar-refractivity contribution < 1.29 is 18.7 Å². The summed E-state index contributed by atoms with van der Waals surface area (Å²) < 4.78 is 15.5. The van der Waals surface area contributed by atoms with Crippen molar-refractivity contribution in [3.05, 3.63) is 69.0 Å². The summed E-state index contributed by atoms with van der Waals surface area (Å²) in [6, 6.07) is 11.0. The molecule has 0 bridgehead atoms. The van der Waals surface area contributed by atoms with Crippen LogP contribution >= 0.6 is 11.6 Å². The third-order valence-corrected chi connectivity index (χ3v) is 3.81. The summed E-state index contributed by atoms with van der Waals surface area (Å²) in [6.45, 7) is 1.78. The lowest BCUT2D eigenvalue weighted by Crippen LogP contribution is -2.09. The number of methoxy groups -OCH3 is 1. The molecule has 24 heavy (non-hydrogen) atoms. The van der Waals surface area contributed by atoms with Gasteiger partial charge in [-0.2, -0.15) is 0 Å². The van der Waals surface area contributed by atoms with Gasteiger partial charge in [0.1, 0.15) is 11.3 Å². The minimum Gasteiger partial charge on any atom is -0.497 e. The summed E-state index contributed by atoms with van der Waals surface area (Å²) in [7, 11) is 1.51. The lowest BCUT2D eigenvalue weighted by atomic mass is 10.1. The number of halogens is 1. The Balaban J connectivity index is 1.98. The lowest BCUT2D eigenvalue weighted by molar-refractivity contribution is 0.0734. The van der Waals surface area contributed by atoms with Gasteiger partial charge in [0.05, 0.1) is 17.7 Å². The van der Waals surface area contributed by atoms with E-state index in [0.29, 0.717) is 22.3 Å². The molecule has 0 atom stereocenters. The van der Waals surface area contributed by atoms with Crippen molar-refractivity contribution in [3.63, 3.8) is 0 Å². The van der Waals surface area contributed by atoms with E-state index in [0.717, 1.165) is 5.56 Å². The van der Waals surface area contributed by atoms with E-state index in [1.165, 1.54) is 19.2 Å². The van der Waals surface area contributed by atoms with E-state index in [1.54, 1.807) is 37.3 Å². The van der Waals surface area contributed by atoms with Gasteiger partial charge in [-0.25, -0.2) is 9.59 Å². The molecule has 0 fully saturated rings. The minimum absolute atomic E-state index is 0.116. The second kappa shape index (κ2) is 6.37. The highest BCUT2D eigenvalue weighted by Crippen LogP contribution is 2.31. The molecular formula is C18H13ClO5. The van der Waals surface area contributed by atoms with E-state index in [2.05, 4.69) is 0 Å². The van der Waals surface area contributed by atoms with Crippen LogP contribution in [-0.2, 0) is 0 Å². The first-order valence-corrected chi connectivity index (χ1v) is 7.46. The van der Waals surface area contributed by atoms with Crippen LogP contribution < -0.4 is 15.1 Å². The van der Waals surface area contributed by atoms with Crippen molar-refractivity contribution in [2.24, 2.45) is 0 Å². The third-order valence-electron chi connectivity index (χ3n) is 3.51. The van der Waals surface area contributed by atoms with Crippen LogP contribution in [0.25, 0.3) is 11.0 Å². The first kappa shape index (κ1) is 16.1. The normalized spacial score (nSPS) is 10.6. The summed E-state index contributed by atoms with van der Waals surface area (Å²) in [4.78, 5) is 23.8. The SMILES string of the molecule is COc1cccc(C(=O)Oc2cc3oc(=O)cc(C)c3cc2Cl)c1. The lowest BCUT2D eigenvalue weighted by Gasteiger charge is -2.09. The summed E-state index contributed by atoms with van der Waals surface area (Å²) in [6.07, 6.45) is 0. The van der Waals surface area contributed by atoms with Crippen molar-refractivity contribution in [2.45, 2.75) is 6.92 Å². The van der Waals surface area contributed by atoms with E-state index in [-0.39, 0.29) is 10.8 Å². The molecule has 1 heterocycles. The molecule has 0 spiro atoms. The number of fused-ring (bicyclic) bond motifs is 1. The topological polar surface area (TPSA) is 65.7 Å². The van der Waals surface area contributed by atoms with Crippen LogP contribution in [0.4, 0.5) is 0 Å². The summed E-state index contributed by atoms with van der Waals surface area (Å²) in [5.74, 6) is 0.0616. The van der Waals surface area contributed by atoms with Gasteiger partial charge in [-0.3, -0.25) is 0 Å². The third kappa shape index (κ3) is 3.12. The zero-order valence-electron chi connectivity index (χ0n) is 13.0. The first-order valence-electron chi connectivity index (χ1n) is 7.08. The van der Waals surface area contributed by atoms with Crippen LogP contribution in [0, 0.1) is 6.92 Å². The van der Waals surface area contributed by atoms with E-state index in [9.17, 15) is 9.59 Å². The fourth-order valence-corrected chi connectivity index (χ4v) is 2.51. The Bertz CT molecular complexity index is 990. The second-order valence-corrected chi connectivity index (χ2v) is 5.56. The number of ether oxygens (including phenoxy) is 2. The Labute approximate surface area is 142 Å². The van der Waals surface area contributed by atoms with Crippen molar-refractivity contribution >= 4 is 28.5 Å². The average Bonchev–Trinajstić information content (AvgIpc) is 2.56. The van der Waals surface area contributed by atoms with Gasteiger partial charge in [0.25, 0.3) is 0 Å². The number of carbonyl (C=O) groups is 1. The van der Waals surface area contributed by atoms with Gasteiger partial charge in [0.15, 0.2) is 5.75 Å². The zero-order chi connectivity index (χ0) is 17.3. The predicted molar refractivity (Wildman–Crippen MR) is 90.2 cm³/mol. The Kier molecular flexibility index (Phi) is 4.27. The van der Waals surface area contributed by atoms with Crippen LogP contribution in [0.5, 0.6) is 11.5 Å². The molecule has 1 aromatic heterocycles. The van der Waals surface area contributed by atoms with Crippen molar-refractivity contribution in [1.29, 1.82) is 0 Å². The van der Waals surface area contributed by atoms with Crippen LogP contribution in [0.3, 0.4) is 0 Å². The maximum Gasteiger partial charge on any atom is 0.343 e. The standard InChI is InChI=1S/C18H13ClO5/c1-10-6-17(20)23-15-9-16(14(19)8-13(10)15)24-18(21)11-4-3-5-12(7-11)22-2/h3-9H,1-2H3. The smallest absolute Gasteiger partial charge is 0.343 e. The molecule has 0 aliphatic heterocycles. The molecule has 5 nitrogen and oxygen atoms in total. The summed E-state index contributed by atoms with van der Waals surface area (Å²) in [5.41, 5.74) is 0.871. The van der Waals surface area contributed by atoms with Crippen LogP contribution in [0.2, 0.25) is 5.02 Å². The molecule has 122 valence electrons. The Morgan fingerprint density at radius 3 is 2.71 bits per heavy atom. The average molecular weight is 345 g/mol. The molecule has 3 aromatic rings. The minimum atomic E-state index is -0.592. The number of rotatable bonds is 3. The highest BCUT2D eigenvalue weighted by Gasteiger charge is 2.14. The number of hydrogen-bond acceptors (Lipinski definition) is 5. The summed E-state index contributed by atoms with van der Waals surface area (Å²) in [5, 5.41) is 0.927. The molecule has 3 rings (SSSR count). The van der Waals surface area contributed by atoms with Gasteiger partial charge in [0, 0.05) is 17.5 Å². The number of aryl methyl sites for hydroxylation is 1. The van der Waals surface area contributed by atoms with Crippen molar-refractivity contribution in [1.82, 2.24) is 0 Å². The molecule has 2 aromatic carbocycles. The van der Waals surface area contributed by atoms with E-state index < -0.39 is 11.6 Å². The van der Waals surface area contributed by atoms with Crippen molar-refractivity contribution in [3.8, 4) is 11.5 Å². The highest BCUT2D eigenvalue weighted by molar-refractivity contribution is 6.33. The first-order chi connectivity index (χ1) is 11.5. The fraction of sp³-hybridized carbons (Fsp3) is 0.111. The summed E-state index contributed by atoms with van der Waals surface area (Å²) >= 11 is 6.18. The molecule has 0 saturated carbocycles. The van der Waals surface area contributed by atoms with E-state index >= 15 is 0 Å². The molecular weight excluding hydrogens is 332 g/mol. The van der Waals surface area contributed by atoms with Gasteiger partial charge in [-0.15, -0.1) is 0 Å². The zero-order valence-corrected chi connectivity index (χ0v) is 13.7. The molecule has 0 N–H and O–H groups in total. The van der Waals surface area contributed by atoms with Crippen LogP contribution in [0.1, 0.15) is 15.9 Å². The second-order valence-electron chi connectivity index (χ2n) is 5.15. The molecule has 0 saturated heterocycles. The van der Waals surface area contributed by atoms with Gasteiger partial charge >= 0.3 is 11.6 Å². The number of esters is 1. The Hall–Kier alpha value is -2.79. The van der Waals surface area contributed by atoms with E-state index in [4.69, 9.17) is 25.5 Å². The van der Waals surface area contributed by atoms with Gasteiger partial charge in [-0.1, -0.05) is 17.7 Å². The number of hydrogen-bond donors (Lipinski definition) is 0. The predicted octanol–water partition coefficient (Wildman–Crippen LogP) is 3.98. The molecule has 0 unspecified atom stereocenters. The molecule has 0 aliphatic carbocycles. The Morgan fingerprint density at radius 2 is 1.96 bits per heavy atom. The fourth-order valence-electron chi connectivity index (χ4n) is 2.31. The Morgan fingerprint density at radius 1 is 1.17 bits per heavy atom. The van der Waals surface area contributed by atoms with Gasteiger partial charge < -0.3 is 13.9 Å². The maximum atomic E-state index is 12.3. The van der Waals surface area contributed by atoms with Crippen LogP contribution in [-0.4, -0.2) is 13.1 Å². The highest BCUT2D eigenvalue weighted by atomic mass is 35.5. The largest absolute Gasteiger partial charge is 0.497 e. The van der Waals surface area contributed by atoms with Gasteiger partial charge in [0.2, 0.25) is 0 Å². The molecule has 0 aliphatic rings. The van der Waals surface area contributed by atoms with E-state index in [1.807, 2.05) is 0 Å². The molecule has 0 radical (unpaired) electrons. The number of carbonyl (C=O) groups excluding carboxylic acids is 1. The van der Waals surface area contributed by atoms with Crippen molar-refractivity contribution in [2.75, 3.05) is 7.11 Å².